The molecule has 1 aromatic heterocycles. The van der Waals surface area contributed by atoms with Gasteiger partial charge >= 0.3 is 5.76 Å². The first kappa shape index (κ1) is 17.6. The zero-order valence-corrected chi connectivity index (χ0v) is 15.0. The predicted molar refractivity (Wildman–Crippen MR) is 107 cm³/mol. The zero-order valence-electron chi connectivity index (χ0n) is 15.0. The van der Waals surface area contributed by atoms with Crippen LogP contribution in [0.25, 0.3) is 11.1 Å². The molecule has 0 aliphatic carbocycles. The van der Waals surface area contributed by atoms with Gasteiger partial charge in [-0.15, -0.1) is 0 Å². The Bertz CT molecular complexity index is 1160. The quantitative estimate of drug-likeness (QED) is 0.555. The molecule has 0 unspecified atom stereocenters. The van der Waals surface area contributed by atoms with Crippen LogP contribution in [0.2, 0.25) is 0 Å². The van der Waals surface area contributed by atoms with E-state index in [1.54, 1.807) is 30.3 Å². The highest BCUT2D eigenvalue weighted by Crippen LogP contribution is 2.20. The van der Waals surface area contributed by atoms with Crippen molar-refractivity contribution in [3.63, 3.8) is 0 Å². The zero-order chi connectivity index (χ0) is 19.3. The molecule has 0 radical (unpaired) electrons. The standard InChI is InChI=1S/C22H18N2O4/c25-21(23-16-8-2-1-3-9-16)17-10-4-6-12-19(17)27-15-14-24-18-11-5-7-13-20(18)28-22(24)26/h1-13H,14-15H2,(H,23,25). The maximum atomic E-state index is 12.6. The third kappa shape index (κ3) is 3.66. The molecule has 1 amide bonds. The van der Waals surface area contributed by atoms with Crippen LogP contribution in [0.1, 0.15) is 10.4 Å². The number of para-hydroxylation sites is 4. The molecule has 0 aliphatic heterocycles. The molecule has 1 heterocycles. The number of anilines is 1. The van der Waals surface area contributed by atoms with E-state index in [0.717, 1.165) is 0 Å². The van der Waals surface area contributed by atoms with Gasteiger partial charge in [0.05, 0.1) is 17.6 Å². The lowest BCUT2D eigenvalue weighted by atomic mass is 10.2. The number of aromatic nitrogens is 1. The Kier molecular flexibility index (Phi) is 4.93. The number of rotatable bonds is 6. The van der Waals surface area contributed by atoms with Crippen LogP contribution in [0.4, 0.5) is 5.69 Å². The van der Waals surface area contributed by atoms with Gasteiger partial charge in [0, 0.05) is 5.69 Å². The fraction of sp³-hybridized carbons (Fsp3) is 0.0909. The van der Waals surface area contributed by atoms with Crippen LogP contribution in [-0.2, 0) is 6.54 Å². The van der Waals surface area contributed by atoms with Gasteiger partial charge in [-0.3, -0.25) is 9.36 Å². The minimum atomic E-state index is -0.431. The van der Waals surface area contributed by atoms with Gasteiger partial charge in [-0.2, -0.15) is 0 Å². The second kappa shape index (κ2) is 7.84. The smallest absolute Gasteiger partial charge is 0.420 e. The molecule has 140 valence electrons. The Hall–Kier alpha value is -3.80. The Labute approximate surface area is 161 Å². The average molecular weight is 374 g/mol. The summed E-state index contributed by atoms with van der Waals surface area (Å²) in [6, 6.07) is 23.5. The number of carbonyl (C=O) groups is 1. The third-order valence-corrected chi connectivity index (χ3v) is 4.31. The van der Waals surface area contributed by atoms with Crippen LogP contribution in [-0.4, -0.2) is 17.1 Å². The van der Waals surface area contributed by atoms with E-state index in [1.807, 2.05) is 48.5 Å². The molecule has 0 fully saturated rings. The second-order valence-corrected chi connectivity index (χ2v) is 6.15. The lowest BCUT2D eigenvalue weighted by Gasteiger charge is -2.12. The normalized spacial score (nSPS) is 10.7. The Balaban J connectivity index is 1.47. The molecule has 0 aliphatic rings. The van der Waals surface area contributed by atoms with Crippen molar-refractivity contribution in [1.82, 2.24) is 4.57 Å². The summed E-state index contributed by atoms with van der Waals surface area (Å²) in [5.74, 6) is -0.232. The van der Waals surface area contributed by atoms with Crippen molar-refractivity contribution in [3.05, 3.63) is 95.0 Å². The fourth-order valence-corrected chi connectivity index (χ4v) is 2.97. The maximum Gasteiger partial charge on any atom is 0.420 e. The maximum absolute atomic E-state index is 12.6. The van der Waals surface area contributed by atoms with Crippen LogP contribution in [0.5, 0.6) is 5.75 Å². The summed E-state index contributed by atoms with van der Waals surface area (Å²) in [5, 5.41) is 2.85. The number of nitrogens with zero attached hydrogens (tertiary/aromatic N) is 1. The van der Waals surface area contributed by atoms with Crippen molar-refractivity contribution in [3.8, 4) is 5.75 Å². The third-order valence-electron chi connectivity index (χ3n) is 4.31. The molecule has 4 rings (SSSR count). The molecule has 0 spiro atoms. The minimum absolute atomic E-state index is 0.221. The number of oxazole rings is 1. The molecule has 3 aromatic carbocycles. The van der Waals surface area contributed by atoms with Gasteiger partial charge in [0.2, 0.25) is 0 Å². The van der Waals surface area contributed by atoms with Crippen LogP contribution >= 0.6 is 0 Å². The number of hydrogen-bond donors (Lipinski definition) is 1. The topological polar surface area (TPSA) is 73.5 Å². The summed E-state index contributed by atoms with van der Waals surface area (Å²) < 4.78 is 12.5. The number of carbonyl (C=O) groups excluding carboxylic acids is 1. The molecular formula is C22H18N2O4. The number of hydrogen-bond acceptors (Lipinski definition) is 4. The lowest BCUT2D eigenvalue weighted by Crippen LogP contribution is -2.19. The molecule has 0 atom stereocenters. The molecule has 1 N–H and O–H groups in total. The van der Waals surface area contributed by atoms with E-state index in [4.69, 9.17) is 9.15 Å². The van der Waals surface area contributed by atoms with Crippen molar-refractivity contribution in [2.75, 3.05) is 11.9 Å². The van der Waals surface area contributed by atoms with Gasteiger partial charge in [0.1, 0.15) is 12.4 Å². The summed E-state index contributed by atoms with van der Waals surface area (Å²) in [5.41, 5.74) is 2.39. The first-order valence-electron chi connectivity index (χ1n) is 8.89. The molecular weight excluding hydrogens is 356 g/mol. The van der Waals surface area contributed by atoms with Crippen LogP contribution < -0.4 is 15.8 Å². The van der Waals surface area contributed by atoms with Crippen molar-refractivity contribution in [2.45, 2.75) is 6.54 Å². The number of ether oxygens (including phenoxy) is 1. The first-order chi connectivity index (χ1) is 13.7. The van der Waals surface area contributed by atoms with Crippen molar-refractivity contribution in [1.29, 1.82) is 0 Å². The molecule has 6 heteroatoms. The summed E-state index contributed by atoms with van der Waals surface area (Å²) in [7, 11) is 0. The molecule has 6 nitrogen and oxygen atoms in total. The Morgan fingerprint density at radius 1 is 0.929 bits per heavy atom. The summed E-state index contributed by atoms with van der Waals surface area (Å²) in [4.78, 5) is 24.6. The van der Waals surface area contributed by atoms with E-state index in [-0.39, 0.29) is 12.5 Å². The number of benzene rings is 3. The van der Waals surface area contributed by atoms with E-state index in [2.05, 4.69) is 5.32 Å². The van der Waals surface area contributed by atoms with Crippen LogP contribution in [0, 0.1) is 0 Å². The Morgan fingerprint density at radius 3 is 2.50 bits per heavy atom. The molecule has 28 heavy (non-hydrogen) atoms. The van der Waals surface area contributed by atoms with Gasteiger partial charge < -0.3 is 14.5 Å². The number of nitrogens with one attached hydrogen (secondary N) is 1. The number of fused-ring (bicyclic) bond motifs is 1. The number of amides is 1. The van der Waals surface area contributed by atoms with Gasteiger partial charge in [0.25, 0.3) is 5.91 Å². The molecule has 0 saturated heterocycles. The van der Waals surface area contributed by atoms with E-state index in [0.29, 0.717) is 34.6 Å². The average Bonchev–Trinajstić information content (AvgIpc) is 3.04. The van der Waals surface area contributed by atoms with E-state index < -0.39 is 5.76 Å². The molecule has 0 bridgehead atoms. The monoisotopic (exact) mass is 374 g/mol. The van der Waals surface area contributed by atoms with Crippen LogP contribution in [0.3, 0.4) is 0 Å². The lowest BCUT2D eigenvalue weighted by molar-refractivity contribution is 0.102. The highest BCUT2D eigenvalue weighted by molar-refractivity contribution is 6.06. The summed E-state index contributed by atoms with van der Waals surface area (Å²) >= 11 is 0. The van der Waals surface area contributed by atoms with E-state index >= 15 is 0 Å². The fourth-order valence-electron chi connectivity index (χ4n) is 2.97. The van der Waals surface area contributed by atoms with Crippen molar-refractivity contribution in [2.24, 2.45) is 0 Å². The van der Waals surface area contributed by atoms with Crippen molar-refractivity contribution < 1.29 is 13.9 Å². The largest absolute Gasteiger partial charge is 0.491 e. The van der Waals surface area contributed by atoms with Crippen LogP contribution in [0.15, 0.2) is 88.1 Å². The minimum Gasteiger partial charge on any atom is -0.491 e. The summed E-state index contributed by atoms with van der Waals surface area (Å²) in [6.45, 7) is 0.531. The van der Waals surface area contributed by atoms with Gasteiger partial charge in [-0.1, -0.05) is 42.5 Å². The van der Waals surface area contributed by atoms with E-state index in [9.17, 15) is 9.59 Å². The molecule has 0 saturated carbocycles. The first-order valence-corrected chi connectivity index (χ1v) is 8.89. The van der Waals surface area contributed by atoms with Gasteiger partial charge in [0.15, 0.2) is 5.58 Å². The van der Waals surface area contributed by atoms with Gasteiger partial charge in [-0.05, 0) is 36.4 Å². The van der Waals surface area contributed by atoms with Gasteiger partial charge in [-0.25, -0.2) is 4.79 Å². The highest BCUT2D eigenvalue weighted by atomic mass is 16.5. The van der Waals surface area contributed by atoms with E-state index in [1.165, 1.54) is 4.57 Å². The molecule has 4 aromatic rings. The Morgan fingerprint density at radius 2 is 1.64 bits per heavy atom. The van der Waals surface area contributed by atoms with Crippen molar-refractivity contribution >= 4 is 22.7 Å². The summed E-state index contributed by atoms with van der Waals surface area (Å²) in [6.07, 6.45) is 0. The highest BCUT2D eigenvalue weighted by Gasteiger charge is 2.13. The predicted octanol–water partition coefficient (Wildman–Crippen LogP) is 3.93. The second-order valence-electron chi connectivity index (χ2n) is 6.15. The SMILES string of the molecule is O=C(Nc1ccccc1)c1ccccc1OCCn1c(=O)oc2ccccc21.